The summed E-state index contributed by atoms with van der Waals surface area (Å²) in [6.45, 7) is 2.79. The quantitative estimate of drug-likeness (QED) is 0.877. The van der Waals surface area contributed by atoms with Crippen LogP contribution in [0.4, 0.5) is 5.82 Å². The Hall–Kier alpha value is -2.10. The molecule has 0 unspecified atom stereocenters. The molecule has 1 heterocycles. The van der Waals surface area contributed by atoms with Crippen LogP contribution in [0.15, 0.2) is 36.7 Å². The number of benzene rings is 1. The molecule has 0 saturated carbocycles. The van der Waals surface area contributed by atoms with Crippen LogP contribution in [0.25, 0.3) is 11.3 Å². The Labute approximate surface area is 107 Å². The summed E-state index contributed by atoms with van der Waals surface area (Å²) in [5.74, 6) is 1.60. The summed E-state index contributed by atoms with van der Waals surface area (Å²) in [7, 11) is 1.83. The second-order valence-electron chi connectivity index (χ2n) is 3.88. The van der Waals surface area contributed by atoms with Gasteiger partial charge in [0.15, 0.2) is 0 Å². The predicted molar refractivity (Wildman–Crippen MR) is 72.8 cm³/mol. The number of rotatable bonds is 5. The molecule has 0 aliphatic rings. The van der Waals surface area contributed by atoms with Gasteiger partial charge in [-0.1, -0.05) is 19.1 Å². The fraction of sp³-hybridized carbons (Fsp3) is 0.286. The second-order valence-corrected chi connectivity index (χ2v) is 3.88. The van der Waals surface area contributed by atoms with Crippen LogP contribution in [0, 0.1) is 0 Å². The van der Waals surface area contributed by atoms with Crippen molar-refractivity contribution in [1.29, 1.82) is 0 Å². The van der Waals surface area contributed by atoms with Crippen molar-refractivity contribution in [2.45, 2.75) is 13.3 Å². The largest absolute Gasteiger partial charge is 0.493 e. The highest BCUT2D eigenvalue weighted by molar-refractivity contribution is 5.67. The Balaban J connectivity index is 2.36. The van der Waals surface area contributed by atoms with Crippen molar-refractivity contribution in [2.24, 2.45) is 0 Å². The molecule has 0 atom stereocenters. The van der Waals surface area contributed by atoms with Crippen molar-refractivity contribution in [3.05, 3.63) is 36.7 Å². The van der Waals surface area contributed by atoms with E-state index in [1.165, 1.54) is 0 Å². The van der Waals surface area contributed by atoms with Gasteiger partial charge in [-0.2, -0.15) is 0 Å². The minimum absolute atomic E-state index is 0.705. The summed E-state index contributed by atoms with van der Waals surface area (Å²) in [6, 6.07) is 7.89. The first-order chi connectivity index (χ1) is 8.85. The third kappa shape index (κ3) is 2.77. The summed E-state index contributed by atoms with van der Waals surface area (Å²) in [5.41, 5.74) is 1.78. The molecule has 0 aliphatic heterocycles. The number of nitrogens with one attached hydrogen (secondary N) is 1. The minimum Gasteiger partial charge on any atom is -0.493 e. The number of para-hydroxylation sites is 1. The zero-order valence-corrected chi connectivity index (χ0v) is 10.7. The molecule has 4 heteroatoms. The van der Waals surface area contributed by atoms with Gasteiger partial charge in [-0.3, -0.25) is 4.98 Å². The lowest BCUT2D eigenvalue weighted by Gasteiger charge is -2.10. The monoisotopic (exact) mass is 243 g/mol. The lowest BCUT2D eigenvalue weighted by atomic mass is 10.1. The van der Waals surface area contributed by atoms with Crippen molar-refractivity contribution in [3.63, 3.8) is 0 Å². The number of aromatic nitrogens is 2. The van der Waals surface area contributed by atoms with Crippen molar-refractivity contribution < 1.29 is 4.74 Å². The van der Waals surface area contributed by atoms with E-state index in [0.717, 1.165) is 29.2 Å². The maximum Gasteiger partial charge on any atom is 0.144 e. The third-order valence-corrected chi connectivity index (χ3v) is 2.52. The lowest BCUT2D eigenvalue weighted by molar-refractivity contribution is 0.318. The Bertz CT molecular complexity index is 514. The summed E-state index contributed by atoms with van der Waals surface area (Å²) >= 11 is 0. The molecule has 0 bridgehead atoms. The van der Waals surface area contributed by atoms with Gasteiger partial charge in [-0.25, -0.2) is 4.98 Å². The standard InChI is InChI=1S/C14H17N3O/c1-3-8-18-13-7-5-4-6-11(13)12-9-16-10-14(15-2)17-12/h4-7,9-10H,3,8H2,1-2H3,(H,15,17). The SMILES string of the molecule is CCCOc1ccccc1-c1cncc(NC)n1. The van der Waals surface area contributed by atoms with E-state index in [0.29, 0.717) is 6.61 Å². The van der Waals surface area contributed by atoms with Crippen LogP contribution in [0.2, 0.25) is 0 Å². The van der Waals surface area contributed by atoms with Gasteiger partial charge in [0.05, 0.1) is 24.7 Å². The number of nitrogens with zero attached hydrogens (tertiary/aromatic N) is 2. The van der Waals surface area contributed by atoms with E-state index in [1.54, 1.807) is 12.4 Å². The average Bonchev–Trinajstić information content (AvgIpc) is 2.45. The Morgan fingerprint density at radius 2 is 2.06 bits per heavy atom. The van der Waals surface area contributed by atoms with Crippen LogP contribution in [0.5, 0.6) is 5.75 Å². The van der Waals surface area contributed by atoms with Gasteiger partial charge in [-0.05, 0) is 18.6 Å². The number of anilines is 1. The van der Waals surface area contributed by atoms with Gasteiger partial charge < -0.3 is 10.1 Å². The normalized spacial score (nSPS) is 10.1. The molecule has 2 rings (SSSR count). The molecule has 0 spiro atoms. The van der Waals surface area contributed by atoms with Gasteiger partial charge in [0.1, 0.15) is 11.6 Å². The molecule has 0 saturated heterocycles. The number of hydrogen-bond donors (Lipinski definition) is 1. The highest BCUT2D eigenvalue weighted by Crippen LogP contribution is 2.28. The molecule has 18 heavy (non-hydrogen) atoms. The topological polar surface area (TPSA) is 47.0 Å². The van der Waals surface area contributed by atoms with E-state index in [1.807, 2.05) is 31.3 Å². The van der Waals surface area contributed by atoms with Gasteiger partial charge in [0, 0.05) is 12.6 Å². The Kier molecular flexibility index (Phi) is 4.12. The molecule has 2 aromatic rings. The molecule has 1 N–H and O–H groups in total. The maximum atomic E-state index is 5.73. The van der Waals surface area contributed by atoms with Crippen LogP contribution < -0.4 is 10.1 Å². The summed E-state index contributed by atoms with van der Waals surface area (Å²) < 4.78 is 5.73. The van der Waals surface area contributed by atoms with Crippen LogP contribution in [-0.2, 0) is 0 Å². The van der Waals surface area contributed by atoms with E-state index in [2.05, 4.69) is 22.2 Å². The fourth-order valence-electron chi connectivity index (χ4n) is 1.63. The smallest absolute Gasteiger partial charge is 0.144 e. The molecule has 94 valence electrons. The summed E-state index contributed by atoms with van der Waals surface area (Å²) in [4.78, 5) is 8.65. The molecular weight excluding hydrogens is 226 g/mol. The summed E-state index contributed by atoms with van der Waals surface area (Å²) in [6.07, 6.45) is 4.42. The van der Waals surface area contributed by atoms with E-state index in [-0.39, 0.29) is 0 Å². The van der Waals surface area contributed by atoms with Crippen LogP contribution in [0.3, 0.4) is 0 Å². The van der Waals surface area contributed by atoms with Crippen LogP contribution in [-0.4, -0.2) is 23.6 Å². The molecule has 4 nitrogen and oxygen atoms in total. The molecule has 0 amide bonds. The number of hydrogen-bond acceptors (Lipinski definition) is 4. The molecular formula is C14H17N3O. The van der Waals surface area contributed by atoms with Crippen molar-refractivity contribution >= 4 is 5.82 Å². The fourth-order valence-corrected chi connectivity index (χ4v) is 1.63. The van der Waals surface area contributed by atoms with E-state index in [4.69, 9.17) is 4.74 Å². The first-order valence-electron chi connectivity index (χ1n) is 6.07. The van der Waals surface area contributed by atoms with Gasteiger partial charge >= 0.3 is 0 Å². The van der Waals surface area contributed by atoms with E-state index < -0.39 is 0 Å². The van der Waals surface area contributed by atoms with Gasteiger partial charge in [0.25, 0.3) is 0 Å². The zero-order valence-electron chi connectivity index (χ0n) is 10.7. The molecule has 0 aliphatic carbocycles. The first kappa shape index (κ1) is 12.4. The maximum absolute atomic E-state index is 5.73. The zero-order chi connectivity index (χ0) is 12.8. The van der Waals surface area contributed by atoms with E-state index in [9.17, 15) is 0 Å². The van der Waals surface area contributed by atoms with Crippen molar-refractivity contribution in [3.8, 4) is 17.0 Å². The third-order valence-electron chi connectivity index (χ3n) is 2.52. The lowest BCUT2D eigenvalue weighted by Crippen LogP contribution is -1.99. The van der Waals surface area contributed by atoms with Gasteiger partial charge in [-0.15, -0.1) is 0 Å². The van der Waals surface area contributed by atoms with Crippen LogP contribution in [0.1, 0.15) is 13.3 Å². The Morgan fingerprint density at radius 1 is 1.22 bits per heavy atom. The van der Waals surface area contributed by atoms with Crippen molar-refractivity contribution in [1.82, 2.24) is 9.97 Å². The number of ether oxygens (including phenoxy) is 1. The predicted octanol–water partition coefficient (Wildman–Crippen LogP) is 2.97. The van der Waals surface area contributed by atoms with E-state index >= 15 is 0 Å². The molecule has 1 aromatic carbocycles. The average molecular weight is 243 g/mol. The second kappa shape index (κ2) is 6.00. The van der Waals surface area contributed by atoms with Crippen LogP contribution >= 0.6 is 0 Å². The first-order valence-corrected chi connectivity index (χ1v) is 6.07. The van der Waals surface area contributed by atoms with Crippen molar-refractivity contribution in [2.75, 3.05) is 19.0 Å². The molecule has 0 fully saturated rings. The Morgan fingerprint density at radius 3 is 2.83 bits per heavy atom. The minimum atomic E-state index is 0.705. The highest BCUT2D eigenvalue weighted by atomic mass is 16.5. The summed E-state index contributed by atoms with van der Waals surface area (Å²) in [5, 5.41) is 2.99. The van der Waals surface area contributed by atoms with Gasteiger partial charge in [0.2, 0.25) is 0 Å². The molecule has 0 radical (unpaired) electrons. The highest BCUT2D eigenvalue weighted by Gasteiger charge is 2.07. The molecule has 1 aromatic heterocycles.